The minimum Gasteiger partial charge on any atom is -0.352 e. The summed E-state index contributed by atoms with van der Waals surface area (Å²) in [5, 5.41) is 17.8. The van der Waals surface area contributed by atoms with Gasteiger partial charge in [-0.25, -0.2) is 0 Å². The molecule has 0 aromatic carbocycles. The van der Waals surface area contributed by atoms with Gasteiger partial charge in [0.1, 0.15) is 5.82 Å². The van der Waals surface area contributed by atoms with Crippen LogP contribution in [0.25, 0.3) is 0 Å². The van der Waals surface area contributed by atoms with Gasteiger partial charge in [-0.3, -0.25) is 9.59 Å². The summed E-state index contributed by atoms with van der Waals surface area (Å²) < 4.78 is 2.13. The molecule has 0 atom stereocenters. The second kappa shape index (κ2) is 8.75. The molecule has 2 amide bonds. The van der Waals surface area contributed by atoms with E-state index in [1.165, 1.54) is 17.8 Å². The average molecular weight is 361 g/mol. The smallest absolute Gasteiger partial charge is 0.252 e. The molecule has 2 aromatic rings. The van der Waals surface area contributed by atoms with Crippen molar-refractivity contribution in [3.8, 4) is 0 Å². The van der Waals surface area contributed by atoms with E-state index in [0.29, 0.717) is 31.5 Å². The number of rotatable bonds is 7. The molecule has 0 saturated carbocycles. The van der Waals surface area contributed by atoms with Crippen LogP contribution < -0.4 is 10.6 Å². The molecular formula is C17H23N5O2S. The molecule has 0 unspecified atom stereocenters. The lowest BCUT2D eigenvalue weighted by atomic mass is 10.2. The van der Waals surface area contributed by atoms with Crippen molar-refractivity contribution in [2.75, 3.05) is 6.54 Å². The predicted octanol–water partition coefficient (Wildman–Crippen LogP) is 1.89. The number of carbonyl (C=O) groups is 2. The SMILES string of the molecule is O=C(CCCNC(=O)c1ccsc1)NCc1nnc2n1CCCCC2. The van der Waals surface area contributed by atoms with Crippen LogP contribution in [0.1, 0.15) is 54.1 Å². The number of aryl methyl sites for hydroxylation is 1. The Bertz CT molecular complexity index is 711. The highest BCUT2D eigenvalue weighted by Crippen LogP contribution is 2.14. The molecule has 8 heteroatoms. The Kier molecular flexibility index (Phi) is 6.16. The lowest BCUT2D eigenvalue weighted by Crippen LogP contribution is -2.28. The van der Waals surface area contributed by atoms with Gasteiger partial charge in [-0.1, -0.05) is 6.42 Å². The van der Waals surface area contributed by atoms with Gasteiger partial charge in [-0.15, -0.1) is 10.2 Å². The standard InChI is InChI=1S/C17H23N5O2S/c23-16(6-4-8-18-17(24)13-7-10-25-12-13)19-11-15-21-20-14-5-2-1-3-9-22(14)15/h7,10,12H,1-6,8-9,11H2,(H,18,24)(H,19,23). The van der Waals surface area contributed by atoms with Crippen LogP contribution in [0.15, 0.2) is 16.8 Å². The zero-order chi connectivity index (χ0) is 17.5. The summed E-state index contributed by atoms with van der Waals surface area (Å²) in [5.41, 5.74) is 0.668. The third-order valence-electron chi connectivity index (χ3n) is 4.28. The van der Waals surface area contributed by atoms with Crippen molar-refractivity contribution in [2.45, 2.75) is 51.6 Å². The third-order valence-corrected chi connectivity index (χ3v) is 4.96. The quantitative estimate of drug-likeness (QED) is 0.737. The number of hydrogen-bond donors (Lipinski definition) is 2. The van der Waals surface area contributed by atoms with Crippen molar-refractivity contribution in [1.82, 2.24) is 25.4 Å². The van der Waals surface area contributed by atoms with Gasteiger partial charge in [0.05, 0.1) is 6.54 Å². The van der Waals surface area contributed by atoms with Crippen molar-refractivity contribution in [3.05, 3.63) is 34.0 Å². The number of fused-ring (bicyclic) bond motifs is 1. The number of amides is 2. The van der Waals surface area contributed by atoms with E-state index in [9.17, 15) is 9.59 Å². The first-order valence-corrected chi connectivity index (χ1v) is 9.66. The number of nitrogens with one attached hydrogen (secondary N) is 2. The van der Waals surface area contributed by atoms with Gasteiger partial charge >= 0.3 is 0 Å². The lowest BCUT2D eigenvalue weighted by molar-refractivity contribution is -0.121. The molecule has 25 heavy (non-hydrogen) atoms. The van der Waals surface area contributed by atoms with Gasteiger partial charge in [0.25, 0.3) is 5.91 Å². The molecule has 2 N–H and O–H groups in total. The van der Waals surface area contributed by atoms with Crippen LogP contribution in [-0.2, 0) is 24.3 Å². The van der Waals surface area contributed by atoms with Crippen molar-refractivity contribution < 1.29 is 9.59 Å². The Labute approximate surface area is 150 Å². The zero-order valence-electron chi connectivity index (χ0n) is 14.2. The molecule has 0 aliphatic carbocycles. The second-order valence-electron chi connectivity index (χ2n) is 6.14. The maximum Gasteiger partial charge on any atom is 0.252 e. The minimum absolute atomic E-state index is 0.0317. The molecule has 0 bridgehead atoms. The van der Waals surface area contributed by atoms with E-state index in [0.717, 1.165) is 37.5 Å². The van der Waals surface area contributed by atoms with Crippen LogP contribution in [0.4, 0.5) is 0 Å². The van der Waals surface area contributed by atoms with Crippen LogP contribution in [0.2, 0.25) is 0 Å². The topological polar surface area (TPSA) is 88.9 Å². The maximum absolute atomic E-state index is 12.0. The van der Waals surface area contributed by atoms with Crippen molar-refractivity contribution >= 4 is 23.2 Å². The summed E-state index contributed by atoms with van der Waals surface area (Å²) in [4.78, 5) is 23.7. The van der Waals surface area contributed by atoms with E-state index < -0.39 is 0 Å². The van der Waals surface area contributed by atoms with E-state index in [4.69, 9.17) is 0 Å². The van der Waals surface area contributed by atoms with Crippen LogP contribution in [0.3, 0.4) is 0 Å². The molecule has 134 valence electrons. The maximum atomic E-state index is 12.0. The summed E-state index contributed by atoms with van der Waals surface area (Å²) in [6.45, 7) is 1.83. The largest absolute Gasteiger partial charge is 0.352 e. The monoisotopic (exact) mass is 361 g/mol. The number of carbonyl (C=O) groups excluding carboxylic acids is 2. The molecule has 0 fully saturated rings. The Morgan fingerprint density at radius 1 is 1.20 bits per heavy atom. The molecule has 1 aliphatic heterocycles. The Morgan fingerprint density at radius 3 is 2.96 bits per heavy atom. The fourth-order valence-corrected chi connectivity index (χ4v) is 3.52. The fourth-order valence-electron chi connectivity index (χ4n) is 2.89. The Morgan fingerprint density at radius 2 is 2.12 bits per heavy atom. The molecule has 0 radical (unpaired) electrons. The van der Waals surface area contributed by atoms with Gasteiger partial charge in [-0.05, 0) is 30.7 Å². The van der Waals surface area contributed by atoms with E-state index in [2.05, 4.69) is 25.4 Å². The van der Waals surface area contributed by atoms with Gasteiger partial charge < -0.3 is 15.2 Å². The van der Waals surface area contributed by atoms with Crippen molar-refractivity contribution in [3.63, 3.8) is 0 Å². The van der Waals surface area contributed by atoms with Gasteiger partial charge in [0.2, 0.25) is 5.91 Å². The highest BCUT2D eigenvalue weighted by Gasteiger charge is 2.15. The summed E-state index contributed by atoms with van der Waals surface area (Å²) in [6, 6.07) is 1.79. The molecule has 1 aliphatic rings. The van der Waals surface area contributed by atoms with Gasteiger partial charge in [-0.2, -0.15) is 11.3 Å². The molecular weight excluding hydrogens is 338 g/mol. The summed E-state index contributed by atoms with van der Waals surface area (Å²) in [5.74, 6) is 1.73. The summed E-state index contributed by atoms with van der Waals surface area (Å²) in [7, 11) is 0. The number of nitrogens with zero attached hydrogens (tertiary/aromatic N) is 3. The molecule has 7 nitrogen and oxygen atoms in total. The van der Waals surface area contributed by atoms with Gasteiger partial charge in [0, 0.05) is 36.9 Å². The predicted molar refractivity (Wildman–Crippen MR) is 95.3 cm³/mol. The van der Waals surface area contributed by atoms with Crippen LogP contribution in [0.5, 0.6) is 0 Å². The van der Waals surface area contributed by atoms with Crippen molar-refractivity contribution in [1.29, 1.82) is 0 Å². The van der Waals surface area contributed by atoms with Crippen molar-refractivity contribution in [2.24, 2.45) is 0 Å². The summed E-state index contributed by atoms with van der Waals surface area (Å²) >= 11 is 1.49. The molecule has 3 rings (SSSR count). The minimum atomic E-state index is -0.0900. The molecule has 3 heterocycles. The second-order valence-corrected chi connectivity index (χ2v) is 6.92. The fraction of sp³-hybridized carbons (Fsp3) is 0.529. The highest BCUT2D eigenvalue weighted by molar-refractivity contribution is 7.08. The van der Waals surface area contributed by atoms with Crippen LogP contribution in [0, 0.1) is 0 Å². The first-order chi connectivity index (χ1) is 12.2. The van der Waals surface area contributed by atoms with Crippen LogP contribution in [-0.4, -0.2) is 33.1 Å². The Balaban J connectivity index is 1.36. The van der Waals surface area contributed by atoms with E-state index >= 15 is 0 Å². The third kappa shape index (κ3) is 4.88. The molecule has 0 saturated heterocycles. The normalized spacial score (nSPS) is 13.8. The summed E-state index contributed by atoms with van der Waals surface area (Å²) in [6.07, 6.45) is 5.46. The van der Waals surface area contributed by atoms with Gasteiger partial charge in [0.15, 0.2) is 5.82 Å². The molecule has 2 aromatic heterocycles. The highest BCUT2D eigenvalue weighted by atomic mass is 32.1. The lowest BCUT2D eigenvalue weighted by Gasteiger charge is -2.08. The number of thiophene rings is 1. The Hall–Kier alpha value is -2.22. The zero-order valence-corrected chi connectivity index (χ0v) is 15.0. The first kappa shape index (κ1) is 17.6. The average Bonchev–Trinajstić information content (AvgIpc) is 3.22. The number of aromatic nitrogens is 3. The van der Waals surface area contributed by atoms with E-state index in [1.54, 1.807) is 6.07 Å². The van der Waals surface area contributed by atoms with Crippen LogP contribution >= 0.6 is 11.3 Å². The van der Waals surface area contributed by atoms with E-state index in [-0.39, 0.29) is 11.8 Å². The first-order valence-electron chi connectivity index (χ1n) is 8.72. The molecule has 0 spiro atoms. The number of hydrogen-bond acceptors (Lipinski definition) is 5. The van der Waals surface area contributed by atoms with E-state index in [1.807, 2.05) is 10.8 Å².